The van der Waals surface area contributed by atoms with Gasteiger partial charge in [-0.1, -0.05) is 51.8 Å². The molecular formula is C22H16BrClN4O. The number of aryl methyl sites for hydroxylation is 1. The van der Waals surface area contributed by atoms with Crippen LogP contribution in [0.4, 0.5) is 5.69 Å². The van der Waals surface area contributed by atoms with Gasteiger partial charge in [0, 0.05) is 20.7 Å². The second-order valence-electron chi connectivity index (χ2n) is 6.48. The Kier molecular flexibility index (Phi) is 5.47. The molecule has 144 valence electrons. The van der Waals surface area contributed by atoms with Gasteiger partial charge in [-0.3, -0.25) is 4.79 Å². The van der Waals surface area contributed by atoms with Crippen molar-refractivity contribution in [2.24, 2.45) is 0 Å². The highest BCUT2D eigenvalue weighted by Crippen LogP contribution is 2.24. The van der Waals surface area contributed by atoms with Crippen LogP contribution in [0.2, 0.25) is 5.02 Å². The van der Waals surface area contributed by atoms with Crippen LogP contribution in [0.1, 0.15) is 16.2 Å². The fourth-order valence-corrected chi connectivity index (χ4v) is 3.24. The molecule has 0 saturated heterocycles. The van der Waals surface area contributed by atoms with Crippen LogP contribution in [0, 0.1) is 6.92 Å². The zero-order chi connectivity index (χ0) is 20.4. The summed E-state index contributed by atoms with van der Waals surface area (Å²) in [6.45, 7) is 2.01. The number of benzene rings is 3. The lowest BCUT2D eigenvalue weighted by molar-refractivity contribution is 0.101. The summed E-state index contributed by atoms with van der Waals surface area (Å²) in [7, 11) is 0. The van der Waals surface area contributed by atoms with E-state index in [1.54, 1.807) is 28.9 Å². The summed E-state index contributed by atoms with van der Waals surface area (Å²) in [6, 6.07) is 22.5. The molecule has 1 heterocycles. The van der Waals surface area contributed by atoms with Crippen LogP contribution in [0.25, 0.3) is 17.1 Å². The zero-order valence-corrected chi connectivity index (χ0v) is 17.8. The first-order chi connectivity index (χ1) is 14.0. The standard InChI is InChI=1S/C22H16BrClN4O/c1-14-3-2-4-19(13-14)28-21(15-5-7-16(23)8-6-15)26-20(27-28)22(29)25-18-11-9-17(24)10-12-18/h2-13H,1H3,(H,25,29). The predicted octanol–water partition coefficient (Wildman–Crippen LogP) is 5.91. The van der Waals surface area contributed by atoms with Crippen LogP contribution in [0.3, 0.4) is 0 Å². The maximum atomic E-state index is 12.8. The lowest BCUT2D eigenvalue weighted by atomic mass is 10.2. The molecule has 0 bridgehead atoms. The summed E-state index contributed by atoms with van der Waals surface area (Å²) in [4.78, 5) is 17.3. The van der Waals surface area contributed by atoms with Gasteiger partial charge < -0.3 is 5.32 Å². The summed E-state index contributed by atoms with van der Waals surface area (Å²) >= 11 is 9.35. The molecule has 4 aromatic rings. The highest BCUT2D eigenvalue weighted by molar-refractivity contribution is 9.10. The Morgan fingerprint density at radius 2 is 1.76 bits per heavy atom. The van der Waals surface area contributed by atoms with Gasteiger partial charge in [-0.25, -0.2) is 9.67 Å². The highest BCUT2D eigenvalue weighted by atomic mass is 79.9. The number of anilines is 1. The molecule has 0 radical (unpaired) electrons. The van der Waals surface area contributed by atoms with E-state index in [-0.39, 0.29) is 5.82 Å². The fourth-order valence-electron chi connectivity index (χ4n) is 2.85. The third-order valence-electron chi connectivity index (χ3n) is 4.26. The number of aromatic nitrogens is 3. The molecule has 1 N–H and O–H groups in total. The van der Waals surface area contributed by atoms with Gasteiger partial charge in [-0.05, 0) is 61.0 Å². The summed E-state index contributed by atoms with van der Waals surface area (Å²) in [5, 5.41) is 7.90. The number of nitrogens with zero attached hydrogens (tertiary/aromatic N) is 3. The number of nitrogens with one attached hydrogen (secondary N) is 1. The molecule has 29 heavy (non-hydrogen) atoms. The van der Waals surface area contributed by atoms with Gasteiger partial charge in [0.25, 0.3) is 5.91 Å². The number of rotatable bonds is 4. The Balaban J connectivity index is 1.75. The van der Waals surface area contributed by atoms with E-state index in [0.29, 0.717) is 16.5 Å². The lowest BCUT2D eigenvalue weighted by Crippen LogP contribution is -2.14. The molecule has 0 aliphatic rings. The molecule has 7 heteroatoms. The lowest BCUT2D eigenvalue weighted by Gasteiger charge is -2.07. The van der Waals surface area contributed by atoms with E-state index < -0.39 is 5.91 Å². The van der Waals surface area contributed by atoms with Crippen LogP contribution in [-0.4, -0.2) is 20.7 Å². The van der Waals surface area contributed by atoms with Crippen molar-refractivity contribution < 1.29 is 4.79 Å². The second kappa shape index (κ2) is 8.19. The molecule has 5 nitrogen and oxygen atoms in total. The normalized spacial score (nSPS) is 10.7. The van der Waals surface area contributed by atoms with Crippen LogP contribution in [0.15, 0.2) is 77.3 Å². The molecule has 1 amide bonds. The first-order valence-corrected chi connectivity index (χ1v) is 10.0. The monoisotopic (exact) mass is 466 g/mol. The molecule has 0 saturated carbocycles. The molecule has 0 fully saturated rings. The SMILES string of the molecule is Cc1cccc(-n2nc(C(=O)Nc3ccc(Cl)cc3)nc2-c2ccc(Br)cc2)c1. The summed E-state index contributed by atoms with van der Waals surface area (Å²) < 4.78 is 2.65. The molecule has 0 aliphatic heterocycles. The van der Waals surface area contributed by atoms with Crippen molar-refractivity contribution in [3.05, 3.63) is 93.7 Å². The van der Waals surface area contributed by atoms with Gasteiger partial charge in [0.05, 0.1) is 5.69 Å². The average molecular weight is 468 g/mol. The predicted molar refractivity (Wildman–Crippen MR) is 119 cm³/mol. The Labute approximate surface area is 181 Å². The van der Waals surface area contributed by atoms with Crippen molar-refractivity contribution in [3.63, 3.8) is 0 Å². The van der Waals surface area contributed by atoms with Crippen molar-refractivity contribution in [1.29, 1.82) is 0 Å². The van der Waals surface area contributed by atoms with E-state index in [1.165, 1.54) is 0 Å². The number of amides is 1. The second-order valence-corrected chi connectivity index (χ2v) is 7.83. The number of hydrogen-bond donors (Lipinski definition) is 1. The van der Waals surface area contributed by atoms with E-state index in [1.807, 2.05) is 55.5 Å². The van der Waals surface area contributed by atoms with Crippen molar-refractivity contribution in [2.45, 2.75) is 6.92 Å². The van der Waals surface area contributed by atoms with Gasteiger partial charge in [-0.2, -0.15) is 0 Å². The van der Waals surface area contributed by atoms with Crippen molar-refractivity contribution in [2.75, 3.05) is 5.32 Å². The van der Waals surface area contributed by atoms with E-state index in [2.05, 4.69) is 31.3 Å². The topological polar surface area (TPSA) is 59.8 Å². The minimum absolute atomic E-state index is 0.0828. The van der Waals surface area contributed by atoms with Gasteiger partial charge in [-0.15, -0.1) is 5.10 Å². The number of carbonyl (C=O) groups excluding carboxylic acids is 1. The zero-order valence-electron chi connectivity index (χ0n) is 15.4. The van der Waals surface area contributed by atoms with E-state index in [4.69, 9.17) is 11.6 Å². The third kappa shape index (κ3) is 4.39. The Morgan fingerprint density at radius 1 is 1.03 bits per heavy atom. The van der Waals surface area contributed by atoms with Gasteiger partial charge in [0.1, 0.15) is 0 Å². The quantitative estimate of drug-likeness (QED) is 0.406. The Bertz CT molecular complexity index is 1170. The van der Waals surface area contributed by atoms with Gasteiger partial charge in [0.15, 0.2) is 5.82 Å². The smallest absolute Gasteiger partial charge is 0.295 e. The summed E-state index contributed by atoms with van der Waals surface area (Å²) in [6.07, 6.45) is 0. The van der Waals surface area contributed by atoms with Crippen molar-refractivity contribution in [3.8, 4) is 17.1 Å². The van der Waals surface area contributed by atoms with Crippen molar-refractivity contribution in [1.82, 2.24) is 14.8 Å². The minimum atomic E-state index is -0.392. The van der Waals surface area contributed by atoms with E-state index in [0.717, 1.165) is 21.3 Å². The minimum Gasteiger partial charge on any atom is -0.319 e. The Hall–Kier alpha value is -2.96. The molecule has 0 atom stereocenters. The molecule has 1 aromatic heterocycles. The molecular weight excluding hydrogens is 452 g/mol. The van der Waals surface area contributed by atoms with E-state index >= 15 is 0 Å². The number of halogens is 2. The van der Waals surface area contributed by atoms with E-state index in [9.17, 15) is 4.79 Å². The molecule has 0 aliphatic carbocycles. The molecule has 0 unspecified atom stereocenters. The summed E-state index contributed by atoms with van der Waals surface area (Å²) in [5.74, 6) is 0.279. The van der Waals surface area contributed by atoms with Gasteiger partial charge >= 0.3 is 0 Å². The third-order valence-corrected chi connectivity index (χ3v) is 5.04. The van der Waals surface area contributed by atoms with Gasteiger partial charge in [0.2, 0.25) is 5.82 Å². The molecule has 0 spiro atoms. The number of carbonyl (C=O) groups is 1. The van der Waals surface area contributed by atoms with Crippen LogP contribution < -0.4 is 5.32 Å². The maximum absolute atomic E-state index is 12.8. The highest BCUT2D eigenvalue weighted by Gasteiger charge is 2.19. The average Bonchev–Trinajstić information content (AvgIpc) is 3.16. The van der Waals surface area contributed by atoms with Crippen LogP contribution in [0.5, 0.6) is 0 Å². The van der Waals surface area contributed by atoms with Crippen molar-refractivity contribution >= 4 is 39.1 Å². The van der Waals surface area contributed by atoms with Crippen LogP contribution >= 0.6 is 27.5 Å². The van der Waals surface area contributed by atoms with Crippen LogP contribution in [-0.2, 0) is 0 Å². The number of hydrogen-bond acceptors (Lipinski definition) is 3. The first kappa shape index (κ1) is 19.4. The largest absolute Gasteiger partial charge is 0.319 e. The first-order valence-electron chi connectivity index (χ1n) is 8.86. The Morgan fingerprint density at radius 3 is 2.45 bits per heavy atom. The molecule has 4 rings (SSSR count). The molecule has 3 aromatic carbocycles. The maximum Gasteiger partial charge on any atom is 0.295 e. The fraction of sp³-hybridized carbons (Fsp3) is 0.0455. The summed E-state index contributed by atoms with van der Waals surface area (Å²) in [5.41, 5.74) is 3.40.